The number of carbonyl (C=O) groups excluding carboxylic acids is 2. The molecule has 0 bridgehead atoms. The Morgan fingerprint density at radius 3 is 1.95 bits per heavy atom. The molecule has 0 aliphatic rings. The summed E-state index contributed by atoms with van der Waals surface area (Å²) in [5.41, 5.74) is 8.35. The Bertz CT molecular complexity index is 1330. The normalized spacial score (nSPS) is 10.3. The van der Waals surface area contributed by atoms with Crippen LogP contribution in [0, 0.1) is 0 Å². The molecule has 5 N–H and O–H groups in total. The number of methoxy groups -OCH3 is 2. The number of ether oxygens (including phenoxy) is 5. The van der Waals surface area contributed by atoms with Crippen LogP contribution < -0.4 is 45.4 Å². The van der Waals surface area contributed by atoms with Crippen LogP contribution in [0.5, 0.6) is 28.7 Å². The summed E-state index contributed by atoms with van der Waals surface area (Å²) in [7, 11) is 3.05. The van der Waals surface area contributed by atoms with Gasteiger partial charge in [-0.3, -0.25) is 4.79 Å². The van der Waals surface area contributed by atoms with E-state index in [9.17, 15) is 9.59 Å². The first kappa shape index (κ1) is 29.8. The van der Waals surface area contributed by atoms with Crippen LogP contribution in [0.3, 0.4) is 0 Å². The number of nitrogen functional groups attached to an aromatic ring is 1. The lowest BCUT2D eigenvalue weighted by Crippen LogP contribution is -2.28. The number of benzene rings is 3. The molecular formula is C29H36N4O7. The number of rotatable bonds is 13. The van der Waals surface area contributed by atoms with E-state index in [0.717, 1.165) is 0 Å². The van der Waals surface area contributed by atoms with E-state index in [1.54, 1.807) is 48.5 Å². The molecular weight excluding hydrogens is 516 g/mol. The molecule has 0 atom stereocenters. The summed E-state index contributed by atoms with van der Waals surface area (Å²) in [6.45, 7) is 6.95. The molecule has 0 spiro atoms. The van der Waals surface area contributed by atoms with Crippen molar-refractivity contribution < 1.29 is 33.3 Å². The summed E-state index contributed by atoms with van der Waals surface area (Å²) in [5.74, 6) is 2.02. The zero-order valence-electron chi connectivity index (χ0n) is 23.4. The SMILES string of the molecule is CCOc1cc(CNC(=O)Nc2ccc(OCC)c(C(=O)Nc3ccc(OC)c(OC)c3)c2)c(OCC)cc1N. The molecule has 0 saturated heterocycles. The van der Waals surface area contributed by atoms with Gasteiger partial charge in [-0.05, 0) is 57.2 Å². The van der Waals surface area contributed by atoms with Gasteiger partial charge in [-0.25, -0.2) is 4.79 Å². The number of nitrogens with two attached hydrogens (primary N) is 1. The fourth-order valence-corrected chi connectivity index (χ4v) is 3.86. The van der Waals surface area contributed by atoms with Crippen LogP contribution in [0.25, 0.3) is 0 Å². The Kier molecular flexibility index (Phi) is 10.7. The van der Waals surface area contributed by atoms with Crippen LogP contribution in [-0.4, -0.2) is 46.0 Å². The van der Waals surface area contributed by atoms with E-state index in [0.29, 0.717) is 71.2 Å². The molecule has 0 fully saturated rings. The summed E-state index contributed by atoms with van der Waals surface area (Å²) in [4.78, 5) is 26.0. The summed E-state index contributed by atoms with van der Waals surface area (Å²) in [6, 6.07) is 12.8. The fraction of sp³-hybridized carbons (Fsp3) is 0.310. The van der Waals surface area contributed by atoms with Crippen LogP contribution in [0.15, 0.2) is 48.5 Å². The third kappa shape index (κ3) is 7.62. The molecule has 0 heterocycles. The highest BCUT2D eigenvalue weighted by atomic mass is 16.5. The molecule has 214 valence electrons. The first-order valence-electron chi connectivity index (χ1n) is 12.9. The van der Waals surface area contributed by atoms with E-state index < -0.39 is 11.9 Å². The number of hydrogen-bond acceptors (Lipinski definition) is 8. The van der Waals surface area contributed by atoms with E-state index in [4.69, 9.17) is 29.4 Å². The van der Waals surface area contributed by atoms with Crippen LogP contribution in [0.4, 0.5) is 21.9 Å². The third-order valence-electron chi connectivity index (χ3n) is 5.66. The molecule has 0 aliphatic carbocycles. The second kappa shape index (κ2) is 14.4. The van der Waals surface area contributed by atoms with Gasteiger partial charge in [0, 0.05) is 35.6 Å². The Balaban J connectivity index is 1.75. The van der Waals surface area contributed by atoms with Gasteiger partial charge < -0.3 is 45.4 Å². The fourth-order valence-electron chi connectivity index (χ4n) is 3.86. The van der Waals surface area contributed by atoms with Gasteiger partial charge in [-0.15, -0.1) is 0 Å². The van der Waals surface area contributed by atoms with Gasteiger partial charge in [-0.1, -0.05) is 0 Å². The van der Waals surface area contributed by atoms with Crippen molar-refractivity contribution >= 4 is 29.0 Å². The van der Waals surface area contributed by atoms with Crippen molar-refractivity contribution in [3.8, 4) is 28.7 Å². The molecule has 0 unspecified atom stereocenters. The second-order valence-corrected chi connectivity index (χ2v) is 8.34. The zero-order chi connectivity index (χ0) is 29.1. The summed E-state index contributed by atoms with van der Waals surface area (Å²) >= 11 is 0. The van der Waals surface area contributed by atoms with E-state index in [-0.39, 0.29) is 12.1 Å². The maximum atomic E-state index is 13.2. The molecule has 0 aromatic heterocycles. The average Bonchev–Trinajstić information content (AvgIpc) is 2.94. The molecule has 0 saturated carbocycles. The van der Waals surface area contributed by atoms with Crippen molar-refractivity contribution in [3.63, 3.8) is 0 Å². The summed E-state index contributed by atoms with van der Waals surface area (Å²) in [6.07, 6.45) is 0. The maximum absolute atomic E-state index is 13.2. The van der Waals surface area contributed by atoms with Crippen LogP contribution in [-0.2, 0) is 6.54 Å². The molecule has 3 rings (SSSR count). The highest BCUT2D eigenvalue weighted by Gasteiger charge is 2.17. The maximum Gasteiger partial charge on any atom is 0.319 e. The Morgan fingerprint density at radius 1 is 0.700 bits per heavy atom. The molecule has 3 aromatic carbocycles. The van der Waals surface area contributed by atoms with E-state index in [1.165, 1.54) is 14.2 Å². The van der Waals surface area contributed by atoms with Crippen molar-refractivity contribution in [3.05, 3.63) is 59.7 Å². The monoisotopic (exact) mass is 552 g/mol. The minimum Gasteiger partial charge on any atom is -0.493 e. The van der Waals surface area contributed by atoms with Crippen LogP contribution in [0.2, 0.25) is 0 Å². The van der Waals surface area contributed by atoms with Crippen LogP contribution >= 0.6 is 0 Å². The largest absolute Gasteiger partial charge is 0.493 e. The van der Waals surface area contributed by atoms with E-state index in [1.807, 2.05) is 20.8 Å². The predicted molar refractivity (Wildman–Crippen MR) is 154 cm³/mol. The number of anilines is 3. The molecule has 3 aromatic rings. The van der Waals surface area contributed by atoms with E-state index >= 15 is 0 Å². The van der Waals surface area contributed by atoms with Crippen LogP contribution in [0.1, 0.15) is 36.7 Å². The smallest absolute Gasteiger partial charge is 0.319 e. The standard InChI is InChI=1S/C29H36N4O7/c1-6-38-23-11-9-19(14-21(23)28(34)32-20-10-12-24(36-4)27(15-20)37-5)33-29(35)31-17-18-13-26(40-8-3)22(30)16-25(18)39-7-2/h9-16H,6-8,17,30H2,1-5H3,(H,32,34)(H2,31,33,35). The lowest BCUT2D eigenvalue weighted by Gasteiger charge is -2.16. The van der Waals surface area contributed by atoms with Gasteiger partial charge >= 0.3 is 6.03 Å². The first-order chi connectivity index (χ1) is 19.3. The topological polar surface area (TPSA) is 142 Å². The molecule has 3 amide bonds. The minimum atomic E-state index is -0.479. The average molecular weight is 553 g/mol. The number of nitrogens with one attached hydrogen (secondary N) is 3. The minimum absolute atomic E-state index is 0.158. The van der Waals surface area contributed by atoms with Gasteiger partial charge in [0.05, 0.1) is 45.3 Å². The van der Waals surface area contributed by atoms with Gasteiger partial charge in [-0.2, -0.15) is 0 Å². The highest BCUT2D eigenvalue weighted by molar-refractivity contribution is 6.07. The molecule has 11 nitrogen and oxygen atoms in total. The van der Waals surface area contributed by atoms with Crippen molar-refractivity contribution in [2.75, 3.05) is 50.4 Å². The number of amides is 3. The predicted octanol–water partition coefficient (Wildman–Crippen LogP) is 5.06. The number of hydrogen-bond donors (Lipinski definition) is 4. The molecule has 40 heavy (non-hydrogen) atoms. The lowest BCUT2D eigenvalue weighted by atomic mass is 10.1. The van der Waals surface area contributed by atoms with Gasteiger partial charge in [0.15, 0.2) is 11.5 Å². The highest BCUT2D eigenvalue weighted by Crippen LogP contribution is 2.32. The Labute approximate surface area is 233 Å². The van der Waals surface area contributed by atoms with Crippen molar-refractivity contribution in [2.24, 2.45) is 0 Å². The molecule has 11 heteroatoms. The van der Waals surface area contributed by atoms with Gasteiger partial charge in [0.25, 0.3) is 5.91 Å². The molecule has 0 radical (unpaired) electrons. The van der Waals surface area contributed by atoms with E-state index in [2.05, 4.69) is 16.0 Å². The van der Waals surface area contributed by atoms with Gasteiger partial charge in [0.2, 0.25) is 0 Å². The lowest BCUT2D eigenvalue weighted by molar-refractivity contribution is 0.102. The quantitative estimate of drug-likeness (QED) is 0.216. The van der Waals surface area contributed by atoms with Gasteiger partial charge in [0.1, 0.15) is 17.2 Å². The summed E-state index contributed by atoms with van der Waals surface area (Å²) < 4.78 is 27.5. The van der Waals surface area contributed by atoms with Crippen molar-refractivity contribution in [1.82, 2.24) is 5.32 Å². The Hall–Kier alpha value is -4.80. The van der Waals surface area contributed by atoms with Crippen molar-refractivity contribution in [2.45, 2.75) is 27.3 Å². The first-order valence-corrected chi connectivity index (χ1v) is 12.9. The Morgan fingerprint density at radius 2 is 1.30 bits per heavy atom. The summed E-state index contributed by atoms with van der Waals surface area (Å²) in [5, 5.41) is 8.39. The number of urea groups is 1. The second-order valence-electron chi connectivity index (χ2n) is 8.34. The molecule has 0 aliphatic heterocycles. The number of carbonyl (C=O) groups is 2. The zero-order valence-corrected chi connectivity index (χ0v) is 23.4. The third-order valence-corrected chi connectivity index (χ3v) is 5.66. The van der Waals surface area contributed by atoms with Crippen molar-refractivity contribution in [1.29, 1.82) is 0 Å².